The molecule has 0 bridgehead atoms. The SMILES string of the molecule is CN=C(NCCOc1cccc(F)c1)N1CCC2(CCC2)C1. The molecule has 2 aliphatic rings. The van der Waals surface area contributed by atoms with Gasteiger partial charge in [0.1, 0.15) is 18.2 Å². The maximum absolute atomic E-state index is 13.1. The van der Waals surface area contributed by atoms with Gasteiger partial charge in [0, 0.05) is 26.2 Å². The Kier molecular flexibility index (Phi) is 4.50. The minimum absolute atomic E-state index is 0.274. The number of nitrogens with zero attached hydrogens (tertiary/aromatic N) is 2. The summed E-state index contributed by atoms with van der Waals surface area (Å²) in [6.07, 6.45) is 5.39. The van der Waals surface area contributed by atoms with Crippen LogP contribution in [0.3, 0.4) is 0 Å². The van der Waals surface area contributed by atoms with Crippen LogP contribution >= 0.6 is 0 Å². The van der Waals surface area contributed by atoms with E-state index in [4.69, 9.17) is 4.74 Å². The standard InChI is InChI=1S/C17H24FN3O/c1-19-16(21-10-8-17(13-21)6-3-7-17)20-9-11-22-15-5-2-4-14(18)12-15/h2,4-5,12H,3,6-11,13H2,1H3,(H,19,20). The van der Waals surface area contributed by atoms with E-state index in [0.717, 1.165) is 19.0 Å². The Labute approximate surface area is 131 Å². The molecule has 1 aromatic carbocycles. The van der Waals surface area contributed by atoms with Crippen LogP contribution in [-0.4, -0.2) is 44.1 Å². The van der Waals surface area contributed by atoms with E-state index in [1.165, 1.54) is 37.8 Å². The van der Waals surface area contributed by atoms with Crippen molar-refractivity contribution in [3.63, 3.8) is 0 Å². The number of benzene rings is 1. The fourth-order valence-corrected chi connectivity index (χ4v) is 3.42. The lowest BCUT2D eigenvalue weighted by Crippen LogP contribution is -2.43. The molecule has 1 aliphatic carbocycles. The first kappa shape index (κ1) is 15.1. The molecule has 5 heteroatoms. The third-order valence-corrected chi connectivity index (χ3v) is 4.81. The normalized spacial score (nSPS) is 20.1. The molecule has 120 valence electrons. The lowest BCUT2D eigenvalue weighted by atomic mass is 9.68. The highest BCUT2D eigenvalue weighted by Crippen LogP contribution is 2.47. The van der Waals surface area contributed by atoms with Crippen LogP contribution in [0.25, 0.3) is 0 Å². The van der Waals surface area contributed by atoms with E-state index in [0.29, 0.717) is 24.3 Å². The highest BCUT2D eigenvalue weighted by molar-refractivity contribution is 5.80. The minimum Gasteiger partial charge on any atom is -0.492 e. The highest BCUT2D eigenvalue weighted by Gasteiger charge is 2.43. The number of halogens is 1. The van der Waals surface area contributed by atoms with Crippen molar-refractivity contribution in [3.8, 4) is 5.75 Å². The Morgan fingerprint density at radius 1 is 1.41 bits per heavy atom. The van der Waals surface area contributed by atoms with Gasteiger partial charge >= 0.3 is 0 Å². The summed E-state index contributed by atoms with van der Waals surface area (Å²) in [6, 6.07) is 6.23. The van der Waals surface area contributed by atoms with E-state index < -0.39 is 0 Å². The first-order valence-corrected chi connectivity index (χ1v) is 8.05. The highest BCUT2D eigenvalue weighted by atomic mass is 19.1. The zero-order chi connectivity index (χ0) is 15.4. The van der Waals surface area contributed by atoms with Gasteiger partial charge in [0.15, 0.2) is 5.96 Å². The summed E-state index contributed by atoms with van der Waals surface area (Å²) >= 11 is 0. The van der Waals surface area contributed by atoms with Gasteiger partial charge in [-0.15, -0.1) is 0 Å². The van der Waals surface area contributed by atoms with Crippen LogP contribution < -0.4 is 10.1 Å². The summed E-state index contributed by atoms with van der Waals surface area (Å²) in [5.41, 5.74) is 0.565. The number of hydrogen-bond donors (Lipinski definition) is 1. The van der Waals surface area contributed by atoms with Gasteiger partial charge in [-0.05, 0) is 36.8 Å². The van der Waals surface area contributed by atoms with Gasteiger partial charge < -0.3 is 15.0 Å². The van der Waals surface area contributed by atoms with E-state index in [9.17, 15) is 4.39 Å². The summed E-state index contributed by atoms with van der Waals surface area (Å²) in [5, 5.41) is 3.34. The van der Waals surface area contributed by atoms with Gasteiger partial charge in [0.05, 0.1) is 6.54 Å². The molecule has 1 spiro atoms. The van der Waals surface area contributed by atoms with Gasteiger partial charge in [0.2, 0.25) is 0 Å². The monoisotopic (exact) mass is 305 g/mol. The van der Waals surface area contributed by atoms with Crippen molar-refractivity contribution in [2.45, 2.75) is 25.7 Å². The molecule has 1 aromatic rings. The van der Waals surface area contributed by atoms with Crippen LogP contribution in [0.1, 0.15) is 25.7 Å². The summed E-state index contributed by atoms with van der Waals surface area (Å²) in [6.45, 7) is 3.36. The quantitative estimate of drug-likeness (QED) is 0.528. The molecule has 4 nitrogen and oxygen atoms in total. The molecule has 1 saturated heterocycles. The first-order valence-electron chi connectivity index (χ1n) is 8.05. The number of ether oxygens (including phenoxy) is 1. The zero-order valence-electron chi connectivity index (χ0n) is 13.1. The van der Waals surface area contributed by atoms with Crippen molar-refractivity contribution in [2.75, 3.05) is 33.3 Å². The van der Waals surface area contributed by atoms with Crippen LogP contribution in [0, 0.1) is 11.2 Å². The molecule has 0 aromatic heterocycles. The fourth-order valence-electron chi connectivity index (χ4n) is 3.42. The van der Waals surface area contributed by atoms with Crippen molar-refractivity contribution in [1.29, 1.82) is 0 Å². The van der Waals surface area contributed by atoms with Gasteiger partial charge in [-0.3, -0.25) is 4.99 Å². The molecule has 1 N–H and O–H groups in total. The van der Waals surface area contributed by atoms with E-state index >= 15 is 0 Å². The number of rotatable bonds is 4. The van der Waals surface area contributed by atoms with Crippen molar-refractivity contribution in [2.24, 2.45) is 10.4 Å². The maximum atomic E-state index is 13.1. The molecule has 0 radical (unpaired) electrons. The molecule has 1 saturated carbocycles. The summed E-state index contributed by atoms with van der Waals surface area (Å²) in [4.78, 5) is 6.72. The molecule has 0 unspecified atom stereocenters. The van der Waals surface area contributed by atoms with Crippen LogP contribution in [0.2, 0.25) is 0 Å². The molecular weight excluding hydrogens is 281 g/mol. The van der Waals surface area contributed by atoms with Gasteiger partial charge in [-0.1, -0.05) is 12.5 Å². The first-order chi connectivity index (χ1) is 10.7. The predicted octanol–water partition coefficient (Wildman–Crippen LogP) is 2.66. The molecule has 1 aliphatic heterocycles. The second-order valence-corrected chi connectivity index (χ2v) is 6.30. The number of likely N-dealkylation sites (tertiary alicyclic amines) is 1. The largest absolute Gasteiger partial charge is 0.492 e. The van der Waals surface area contributed by atoms with Crippen LogP contribution in [0.5, 0.6) is 5.75 Å². The van der Waals surface area contributed by atoms with Crippen molar-refractivity contribution in [1.82, 2.24) is 10.2 Å². The Bertz CT molecular complexity index is 542. The number of guanidine groups is 1. The lowest BCUT2D eigenvalue weighted by Gasteiger charge is -2.38. The smallest absolute Gasteiger partial charge is 0.193 e. The second-order valence-electron chi connectivity index (χ2n) is 6.30. The Hall–Kier alpha value is -1.78. The van der Waals surface area contributed by atoms with Gasteiger partial charge in [-0.25, -0.2) is 4.39 Å². The van der Waals surface area contributed by atoms with Crippen molar-refractivity contribution < 1.29 is 9.13 Å². The average molecular weight is 305 g/mol. The molecule has 3 rings (SSSR count). The summed E-state index contributed by atoms with van der Waals surface area (Å²) < 4.78 is 18.6. The number of aliphatic imine (C=N–C) groups is 1. The van der Waals surface area contributed by atoms with Crippen molar-refractivity contribution in [3.05, 3.63) is 30.1 Å². The number of hydrogen-bond acceptors (Lipinski definition) is 2. The van der Waals surface area contributed by atoms with Crippen LogP contribution in [0.15, 0.2) is 29.3 Å². The maximum Gasteiger partial charge on any atom is 0.193 e. The number of nitrogens with one attached hydrogen (secondary N) is 1. The fraction of sp³-hybridized carbons (Fsp3) is 0.588. The molecule has 2 fully saturated rings. The third-order valence-electron chi connectivity index (χ3n) is 4.81. The van der Waals surface area contributed by atoms with Crippen molar-refractivity contribution >= 4 is 5.96 Å². The van der Waals surface area contributed by atoms with E-state index in [2.05, 4.69) is 15.2 Å². The molecule has 0 amide bonds. The summed E-state index contributed by atoms with van der Waals surface area (Å²) in [5.74, 6) is 1.24. The van der Waals surface area contributed by atoms with E-state index in [1.807, 2.05) is 7.05 Å². The zero-order valence-corrected chi connectivity index (χ0v) is 13.1. The van der Waals surface area contributed by atoms with Crippen LogP contribution in [0.4, 0.5) is 4.39 Å². The lowest BCUT2D eigenvalue weighted by molar-refractivity contribution is 0.151. The van der Waals surface area contributed by atoms with E-state index in [1.54, 1.807) is 12.1 Å². The van der Waals surface area contributed by atoms with E-state index in [-0.39, 0.29) is 5.82 Å². The minimum atomic E-state index is -0.274. The Morgan fingerprint density at radius 2 is 2.27 bits per heavy atom. The predicted molar refractivity (Wildman–Crippen MR) is 85.7 cm³/mol. The topological polar surface area (TPSA) is 36.9 Å². The van der Waals surface area contributed by atoms with Gasteiger partial charge in [-0.2, -0.15) is 0 Å². The molecule has 0 atom stereocenters. The molecule has 1 heterocycles. The Balaban J connectivity index is 1.42. The third kappa shape index (κ3) is 3.34. The van der Waals surface area contributed by atoms with Gasteiger partial charge in [0.25, 0.3) is 0 Å². The second kappa shape index (κ2) is 6.55. The molecule has 22 heavy (non-hydrogen) atoms. The average Bonchev–Trinajstić information content (AvgIpc) is 2.93. The van der Waals surface area contributed by atoms with Crippen LogP contribution in [-0.2, 0) is 0 Å². The Morgan fingerprint density at radius 3 is 2.91 bits per heavy atom. The molecular formula is C17H24FN3O. The summed E-state index contributed by atoms with van der Waals surface area (Å²) in [7, 11) is 1.82.